The van der Waals surface area contributed by atoms with E-state index in [2.05, 4.69) is 4.98 Å². The van der Waals surface area contributed by atoms with E-state index in [4.69, 9.17) is 4.74 Å². The zero-order valence-corrected chi connectivity index (χ0v) is 15.8. The summed E-state index contributed by atoms with van der Waals surface area (Å²) in [4.78, 5) is 32.3. The summed E-state index contributed by atoms with van der Waals surface area (Å²) in [6, 6.07) is 8.42. The number of rotatable bonds is 2. The Labute approximate surface area is 167 Å². The van der Waals surface area contributed by atoms with Crippen LogP contribution in [0.2, 0.25) is 0 Å². The second kappa shape index (κ2) is 7.87. The predicted molar refractivity (Wildman–Crippen MR) is 101 cm³/mol. The average Bonchev–Trinajstić information content (AvgIpc) is 2.93. The number of nitrogens with zero attached hydrogens (tertiary/aromatic N) is 3. The SMILES string of the molecule is O=C(c1ccc(F)cn1)N1CCCC2(CC1)CN(c1ccc(F)cc1)C(=O)CO2. The van der Waals surface area contributed by atoms with Gasteiger partial charge in [0.05, 0.1) is 18.3 Å². The van der Waals surface area contributed by atoms with Crippen molar-refractivity contribution in [2.45, 2.75) is 24.9 Å². The Morgan fingerprint density at radius 1 is 1.03 bits per heavy atom. The van der Waals surface area contributed by atoms with Gasteiger partial charge in [0.1, 0.15) is 23.9 Å². The van der Waals surface area contributed by atoms with Gasteiger partial charge in [-0.2, -0.15) is 0 Å². The fraction of sp³-hybridized carbons (Fsp3) is 0.381. The van der Waals surface area contributed by atoms with Gasteiger partial charge in [-0.05, 0) is 55.7 Å². The summed E-state index contributed by atoms with van der Waals surface area (Å²) >= 11 is 0. The number of halogens is 2. The third kappa shape index (κ3) is 4.12. The third-order valence-electron chi connectivity index (χ3n) is 5.52. The lowest BCUT2D eigenvalue weighted by Gasteiger charge is -2.42. The van der Waals surface area contributed by atoms with Crippen molar-refractivity contribution in [3.05, 3.63) is 59.9 Å². The highest BCUT2D eigenvalue weighted by Crippen LogP contribution is 2.33. The van der Waals surface area contributed by atoms with Gasteiger partial charge in [-0.1, -0.05) is 0 Å². The van der Waals surface area contributed by atoms with Crippen molar-refractivity contribution in [2.24, 2.45) is 0 Å². The molecule has 29 heavy (non-hydrogen) atoms. The maximum absolute atomic E-state index is 13.2. The fourth-order valence-electron chi connectivity index (χ4n) is 3.91. The number of carbonyl (C=O) groups excluding carboxylic acids is 2. The molecule has 1 spiro atoms. The molecule has 1 aromatic carbocycles. The summed E-state index contributed by atoms with van der Waals surface area (Å²) in [5, 5.41) is 0. The first-order valence-corrected chi connectivity index (χ1v) is 9.57. The van der Waals surface area contributed by atoms with Gasteiger partial charge in [-0.15, -0.1) is 0 Å². The van der Waals surface area contributed by atoms with Crippen LogP contribution in [0.5, 0.6) is 0 Å². The van der Waals surface area contributed by atoms with Crippen molar-refractivity contribution >= 4 is 17.5 Å². The summed E-state index contributed by atoms with van der Waals surface area (Å²) < 4.78 is 32.3. The van der Waals surface area contributed by atoms with E-state index in [1.54, 1.807) is 21.9 Å². The van der Waals surface area contributed by atoms with Crippen LogP contribution < -0.4 is 4.90 Å². The van der Waals surface area contributed by atoms with Crippen LogP contribution in [0.1, 0.15) is 29.8 Å². The Bertz CT molecular complexity index is 904. The smallest absolute Gasteiger partial charge is 0.272 e. The molecule has 0 aliphatic carbocycles. The highest BCUT2D eigenvalue weighted by Gasteiger charge is 2.42. The molecule has 1 unspecified atom stereocenters. The third-order valence-corrected chi connectivity index (χ3v) is 5.52. The van der Waals surface area contributed by atoms with Crippen molar-refractivity contribution in [3.63, 3.8) is 0 Å². The van der Waals surface area contributed by atoms with E-state index >= 15 is 0 Å². The Morgan fingerprint density at radius 2 is 1.79 bits per heavy atom. The topological polar surface area (TPSA) is 62.7 Å². The summed E-state index contributed by atoms with van der Waals surface area (Å²) in [6.45, 7) is 1.29. The number of aromatic nitrogens is 1. The molecule has 2 aromatic rings. The van der Waals surface area contributed by atoms with E-state index in [1.807, 2.05) is 0 Å². The number of morpholine rings is 1. The zero-order valence-electron chi connectivity index (χ0n) is 15.8. The van der Waals surface area contributed by atoms with Crippen molar-refractivity contribution in [1.29, 1.82) is 0 Å². The van der Waals surface area contributed by atoms with E-state index < -0.39 is 11.4 Å². The van der Waals surface area contributed by atoms with E-state index in [0.717, 1.165) is 6.20 Å². The number of carbonyl (C=O) groups is 2. The number of benzene rings is 1. The average molecular weight is 401 g/mol. The number of amides is 2. The van der Waals surface area contributed by atoms with Gasteiger partial charge >= 0.3 is 0 Å². The Balaban J connectivity index is 1.47. The van der Waals surface area contributed by atoms with Gasteiger partial charge in [0.15, 0.2) is 0 Å². The maximum atomic E-state index is 13.2. The first-order valence-electron chi connectivity index (χ1n) is 9.57. The molecule has 1 atom stereocenters. The lowest BCUT2D eigenvalue weighted by atomic mass is 9.92. The summed E-state index contributed by atoms with van der Waals surface area (Å²) in [5.74, 6) is -1.26. The maximum Gasteiger partial charge on any atom is 0.272 e. The molecule has 2 aliphatic rings. The Morgan fingerprint density at radius 3 is 2.52 bits per heavy atom. The molecular weight excluding hydrogens is 380 g/mol. The number of anilines is 1. The molecule has 0 radical (unpaired) electrons. The molecule has 8 heteroatoms. The molecule has 2 saturated heterocycles. The molecule has 2 aliphatic heterocycles. The highest BCUT2D eigenvalue weighted by atomic mass is 19.1. The van der Waals surface area contributed by atoms with Gasteiger partial charge in [0, 0.05) is 18.8 Å². The highest BCUT2D eigenvalue weighted by molar-refractivity contribution is 5.95. The van der Waals surface area contributed by atoms with Gasteiger partial charge in [-0.3, -0.25) is 9.59 Å². The first kappa shape index (κ1) is 19.4. The number of hydrogen-bond donors (Lipinski definition) is 0. The largest absolute Gasteiger partial charge is 0.363 e. The lowest BCUT2D eigenvalue weighted by molar-refractivity contribution is -0.140. The van der Waals surface area contributed by atoms with Gasteiger partial charge in [0.2, 0.25) is 0 Å². The van der Waals surface area contributed by atoms with Crippen molar-refractivity contribution in [1.82, 2.24) is 9.88 Å². The van der Waals surface area contributed by atoms with Crippen LogP contribution in [0, 0.1) is 11.6 Å². The molecule has 3 heterocycles. The van der Waals surface area contributed by atoms with E-state index in [-0.39, 0.29) is 29.9 Å². The Kier molecular flexibility index (Phi) is 5.27. The molecule has 1 aromatic heterocycles. The zero-order chi connectivity index (χ0) is 20.4. The van der Waals surface area contributed by atoms with E-state index in [1.165, 1.54) is 24.3 Å². The van der Waals surface area contributed by atoms with Crippen LogP contribution in [0.25, 0.3) is 0 Å². The van der Waals surface area contributed by atoms with Crippen molar-refractivity contribution < 1.29 is 23.1 Å². The quantitative estimate of drug-likeness (QED) is 0.777. The van der Waals surface area contributed by atoms with Gasteiger partial charge in [0.25, 0.3) is 11.8 Å². The molecule has 2 fully saturated rings. The second-order valence-corrected chi connectivity index (χ2v) is 7.44. The van der Waals surface area contributed by atoms with Gasteiger partial charge < -0.3 is 14.5 Å². The molecule has 0 bridgehead atoms. The van der Waals surface area contributed by atoms with Crippen molar-refractivity contribution in [3.8, 4) is 0 Å². The Hall–Kier alpha value is -2.87. The van der Waals surface area contributed by atoms with Crippen LogP contribution in [-0.2, 0) is 9.53 Å². The lowest BCUT2D eigenvalue weighted by Crippen LogP contribution is -2.55. The minimum atomic E-state index is -0.562. The standard InChI is InChI=1S/C21H21F2N3O3/c22-15-2-5-17(6-3-15)26-14-21(29-13-19(26)27)8-1-10-25(11-9-21)20(28)18-7-4-16(23)12-24-18/h2-7,12H,1,8-11,13-14H2. The van der Waals surface area contributed by atoms with Crippen LogP contribution in [0.4, 0.5) is 14.5 Å². The van der Waals surface area contributed by atoms with E-state index in [0.29, 0.717) is 44.6 Å². The normalized spacial score (nSPS) is 22.6. The molecule has 2 amide bonds. The second-order valence-electron chi connectivity index (χ2n) is 7.44. The molecular formula is C21H21F2N3O3. The van der Waals surface area contributed by atoms with Crippen LogP contribution in [0.15, 0.2) is 42.6 Å². The van der Waals surface area contributed by atoms with Gasteiger partial charge in [-0.25, -0.2) is 13.8 Å². The van der Waals surface area contributed by atoms with Crippen LogP contribution in [0.3, 0.4) is 0 Å². The first-order chi connectivity index (χ1) is 14.0. The number of hydrogen-bond acceptors (Lipinski definition) is 4. The number of pyridine rings is 1. The molecule has 0 saturated carbocycles. The predicted octanol–water partition coefficient (Wildman–Crippen LogP) is 2.79. The number of ether oxygens (including phenoxy) is 1. The summed E-state index contributed by atoms with van der Waals surface area (Å²) in [5.41, 5.74) is 0.273. The minimum absolute atomic E-state index is 0.0508. The molecule has 152 valence electrons. The minimum Gasteiger partial charge on any atom is -0.363 e. The summed E-state index contributed by atoms with van der Waals surface area (Å²) in [7, 11) is 0. The number of likely N-dealkylation sites (tertiary alicyclic amines) is 1. The van der Waals surface area contributed by atoms with Crippen LogP contribution in [-0.4, -0.2) is 53.5 Å². The fourth-order valence-corrected chi connectivity index (χ4v) is 3.91. The molecule has 0 N–H and O–H groups in total. The molecule has 6 nitrogen and oxygen atoms in total. The monoisotopic (exact) mass is 401 g/mol. The van der Waals surface area contributed by atoms with E-state index in [9.17, 15) is 18.4 Å². The summed E-state index contributed by atoms with van der Waals surface area (Å²) in [6.07, 6.45) is 2.99. The van der Waals surface area contributed by atoms with Crippen LogP contribution >= 0.6 is 0 Å². The molecule has 4 rings (SSSR count). The van der Waals surface area contributed by atoms with Crippen molar-refractivity contribution in [2.75, 3.05) is 31.1 Å².